The van der Waals surface area contributed by atoms with Gasteiger partial charge in [-0.2, -0.15) is 0 Å². The minimum absolute atomic E-state index is 0.0678. The maximum Gasteiger partial charge on any atom is 0.331 e. The Kier molecular flexibility index (Phi) is 3.88. The molecule has 1 aliphatic rings. The SMILES string of the molecule is COc1ccc(CN2C(=O)CC(=O)NC2=O)cc1OC. The zero-order valence-corrected chi connectivity index (χ0v) is 11.1. The molecule has 0 aromatic heterocycles. The first kappa shape index (κ1) is 13.9. The second-order valence-electron chi connectivity index (χ2n) is 4.20. The number of methoxy groups -OCH3 is 2. The van der Waals surface area contributed by atoms with Crippen molar-refractivity contribution in [3.8, 4) is 11.5 Å². The molecule has 0 aliphatic carbocycles. The maximum atomic E-state index is 11.7. The molecule has 7 nitrogen and oxygen atoms in total. The number of carbonyl (C=O) groups is 3. The Labute approximate surface area is 115 Å². The van der Waals surface area contributed by atoms with Gasteiger partial charge in [-0.25, -0.2) is 4.79 Å². The van der Waals surface area contributed by atoms with Gasteiger partial charge in [0.15, 0.2) is 11.5 Å². The van der Waals surface area contributed by atoms with Gasteiger partial charge in [0.2, 0.25) is 11.8 Å². The molecule has 1 saturated heterocycles. The maximum absolute atomic E-state index is 11.7. The van der Waals surface area contributed by atoms with E-state index in [1.807, 2.05) is 0 Å². The van der Waals surface area contributed by atoms with Gasteiger partial charge < -0.3 is 9.47 Å². The Morgan fingerprint density at radius 3 is 2.45 bits per heavy atom. The molecule has 1 aliphatic heterocycles. The third-order valence-electron chi connectivity index (χ3n) is 2.89. The van der Waals surface area contributed by atoms with Gasteiger partial charge in [0.1, 0.15) is 6.42 Å². The van der Waals surface area contributed by atoms with Crippen molar-refractivity contribution in [1.82, 2.24) is 10.2 Å². The van der Waals surface area contributed by atoms with E-state index in [1.165, 1.54) is 14.2 Å². The summed E-state index contributed by atoms with van der Waals surface area (Å²) in [6, 6.07) is 4.38. The summed E-state index contributed by atoms with van der Waals surface area (Å²) in [6.45, 7) is 0.0678. The molecule has 0 bridgehead atoms. The van der Waals surface area contributed by atoms with Crippen molar-refractivity contribution < 1.29 is 23.9 Å². The molecular formula is C13H14N2O5. The third-order valence-corrected chi connectivity index (χ3v) is 2.89. The van der Waals surface area contributed by atoms with Gasteiger partial charge >= 0.3 is 6.03 Å². The molecule has 1 heterocycles. The van der Waals surface area contributed by atoms with Gasteiger partial charge in [0.25, 0.3) is 0 Å². The predicted octanol–water partition coefficient (Wildman–Crippen LogP) is 0.672. The number of rotatable bonds is 4. The molecule has 0 atom stereocenters. The standard InChI is InChI=1S/C13H14N2O5/c1-19-9-4-3-8(5-10(9)20-2)7-15-12(17)6-11(16)14-13(15)18/h3-5H,6-7H2,1-2H3,(H,14,16,18). The van der Waals surface area contributed by atoms with Crippen LogP contribution < -0.4 is 14.8 Å². The average Bonchev–Trinajstić information content (AvgIpc) is 2.42. The van der Waals surface area contributed by atoms with Crippen LogP contribution in [0.25, 0.3) is 0 Å². The lowest BCUT2D eigenvalue weighted by Crippen LogP contribution is -2.52. The molecule has 1 aromatic carbocycles. The number of nitrogens with one attached hydrogen (secondary N) is 1. The Hall–Kier alpha value is -2.57. The van der Waals surface area contributed by atoms with Gasteiger partial charge in [-0.15, -0.1) is 0 Å². The fraction of sp³-hybridized carbons (Fsp3) is 0.308. The molecule has 1 N–H and O–H groups in total. The van der Waals surface area contributed by atoms with Gasteiger partial charge in [0, 0.05) is 0 Å². The number of hydrogen-bond donors (Lipinski definition) is 1. The highest BCUT2D eigenvalue weighted by molar-refractivity contribution is 6.14. The first-order valence-electron chi connectivity index (χ1n) is 5.90. The highest BCUT2D eigenvalue weighted by Gasteiger charge is 2.30. The molecule has 1 aromatic rings. The van der Waals surface area contributed by atoms with E-state index >= 15 is 0 Å². The van der Waals surface area contributed by atoms with Crippen LogP contribution in [0.4, 0.5) is 4.79 Å². The van der Waals surface area contributed by atoms with Crippen molar-refractivity contribution in [2.24, 2.45) is 0 Å². The van der Waals surface area contributed by atoms with Crippen molar-refractivity contribution >= 4 is 17.8 Å². The van der Waals surface area contributed by atoms with Gasteiger partial charge in [-0.05, 0) is 17.7 Å². The number of ether oxygens (including phenoxy) is 2. The molecule has 0 saturated carbocycles. The van der Waals surface area contributed by atoms with Crippen LogP contribution in [0.3, 0.4) is 0 Å². The van der Waals surface area contributed by atoms with E-state index < -0.39 is 17.8 Å². The first-order valence-corrected chi connectivity index (χ1v) is 5.90. The first-order chi connectivity index (χ1) is 9.55. The molecule has 106 valence electrons. The normalized spacial score (nSPS) is 15.1. The monoisotopic (exact) mass is 278 g/mol. The van der Waals surface area contributed by atoms with Crippen molar-refractivity contribution in [2.75, 3.05) is 14.2 Å². The lowest BCUT2D eigenvalue weighted by Gasteiger charge is -2.24. The van der Waals surface area contributed by atoms with E-state index in [1.54, 1.807) is 18.2 Å². The summed E-state index contributed by atoms with van der Waals surface area (Å²) in [6.07, 6.45) is -0.320. The van der Waals surface area contributed by atoms with E-state index in [2.05, 4.69) is 5.32 Å². The van der Waals surface area contributed by atoms with Crippen LogP contribution in [0.15, 0.2) is 18.2 Å². The Morgan fingerprint density at radius 1 is 1.15 bits per heavy atom. The van der Waals surface area contributed by atoms with Crippen LogP contribution in [-0.2, 0) is 16.1 Å². The number of nitrogens with zero attached hydrogens (tertiary/aromatic N) is 1. The average molecular weight is 278 g/mol. The van der Waals surface area contributed by atoms with E-state index in [-0.39, 0.29) is 13.0 Å². The Bertz CT molecular complexity index is 550. The topological polar surface area (TPSA) is 84.9 Å². The number of benzene rings is 1. The fourth-order valence-corrected chi connectivity index (χ4v) is 1.90. The van der Waals surface area contributed by atoms with E-state index in [9.17, 15) is 14.4 Å². The second kappa shape index (κ2) is 5.60. The van der Waals surface area contributed by atoms with Gasteiger partial charge in [-0.3, -0.25) is 19.8 Å². The lowest BCUT2D eigenvalue weighted by atomic mass is 10.1. The predicted molar refractivity (Wildman–Crippen MR) is 68.3 cm³/mol. The van der Waals surface area contributed by atoms with Crippen molar-refractivity contribution in [3.05, 3.63) is 23.8 Å². The number of barbiturate groups is 1. The number of imide groups is 2. The van der Waals surface area contributed by atoms with Crippen LogP contribution in [-0.4, -0.2) is 37.0 Å². The quantitative estimate of drug-likeness (QED) is 0.818. The number of hydrogen-bond acceptors (Lipinski definition) is 5. The van der Waals surface area contributed by atoms with Crippen molar-refractivity contribution in [2.45, 2.75) is 13.0 Å². The number of urea groups is 1. The molecule has 20 heavy (non-hydrogen) atoms. The Balaban J connectivity index is 2.19. The number of carbonyl (C=O) groups excluding carboxylic acids is 3. The molecule has 0 radical (unpaired) electrons. The smallest absolute Gasteiger partial charge is 0.331 e. The van der Waals surface area contributed by atoms with Crippen molar-refractivity contribution in [3.63, 3.8) is 0 Å². The minimum Gasteiger partial charge on any atom is -0.493 e. The summed E-state index contributed by atoms with van der Waals surface area (Å²) in [5.41, 5.74) is 0.695. The summed E-state index contributed by atoms with van der Waals surface area (Å²) in [7, 11) is 3.02. The van der Waals surface area contributed by atoms with Crippen LogP contribution in [0.5, 0.6) is 11.5 Å². The van der Waals surface area contributed by atoms with E-state index in [0.717, 1.165) is 4.90 Å². The van der Waals surface area contributed by atoms with Crippen LogP contribution in [0.1, 0.15) is 12.0 Å². The molecule has 0 spiro atoms. The third kappa shape index (κ3) is 2.71. The molecular weight excluding hydrogens is 264 g/mol. The highest BCUT2D eigenvalue weighted by atomic mass is 16.5. The highest BCUT2D eigenvalue weighted by Crippen LogP contribution is 2.28. The fourth-order valence-electron chi connectivity index (χ4n) is 1.90. The molecule has 7 heteroatoms. The lowest BCUT2D eigenvalue weighted by molar-refractivity contribution is -0.136. The summed E-state index contributed by atoms with van der Waals surface area (Å²) < 4.78 is 10.3. The van der Waals surface area contributed by atoms with Crippen LogP contribution in [0.2, 0.25) is 0 Å². The zero-order valence-electron chi connectivity index (χ0n) is 11.1. The zero-order chi connectivity index (χ0) is 14.7. The molecule has 0 unspecified atom stereocenters. The summed E-state index contributed by atoms with van der Waals surface area (Å²) >= 11 is 0. The summed E-state index contributed by atoms with van der Waals surface area (Å²) in [5, 5.41) is 2.10. The van der Waals surface area contributed by atoms with E-state index in [0.29, 0.717) is 17.1 Å². The molecule has 2 rings (SSSR count). The minimum atomic E-state index is -0.707. The summed E-state index contributed by atoms with van der Waals surface area (Å²) in [5.74, 6) is -0.0381. The second-order valence-corrected chi connectivity index (χ2v) is 4.20. The van der Waals surface area contributed by atoms with Crippen molar-refractivity contribution in [1.29, 1.82) is 0 Å². The summed E-state index contributed by atoms with van der Waals surface area (Å²) in [4.78, 5) is 35.3. The largest absolute Gasteiger partial charge is 0.493 e. The van der Waals surface area contributed by atoms with Gasteiger partial charge in [0.05, 0.1) is 20.8 Å². The van der Waals surface area contributed by atoms with Crippen LogP contribution in [0, 0.1) is 0 Å². The Morgan fingerprint density at radius 2 is 1.85 bits per heavy atom. The van der Waals surface area contributed by atoms with E-state index in [4.69, 9.17) is 9.47 Å². The number of amides is 4. The van der Waals surface area contributed by atoms with Crippen LogP contribution >= 0.6 is 0 Å². The molecule has 1 fully saturated rings. The molecule has 4 amide bonds. The van der Waals surface area contributed by atoms with Gasteiger partial charge in [-0.1, -0.05) is 6.07 Å².